The molecule has 0 N–H and O–H groups in total. The third-order valence-electron chi connectivity index (χ3n) is 0.774. The number of aromatic nitrogens is 1. The lowest BCUT2D eigenvalue weighted by molar-refractivity contribution is 0.338. The Labute approximate surface area is 62.1 Å². The van der Waals surface area contributed by atoms with Crippen LogP contribution in [0.1, 0.15) is 0 Å². The van der Waals surface area contributed by atoms with Crippen molar-refractivity contribution in [2.45, 2.75) is 0 Å². The van der Waals surface area contributed by atoms with Crippen LogP contribution in [0, 0.1) is 0 Å². The van der Waals surface area contributed by atoms with E-state index in [1.54, 1.807) is 0 Å². The van der Waals surface area contributed by atoms with Crippen molar-refractivity contribution < 1.29 is 5.11 Å². The van der Waals surface area contributed by atoms with Gasteiger partial charge in [0.1, 0.15) is 5.02 Å². The first-order valence-corrected chi connectivity index (χ1v) is 2.94. The van der Waals surface area contributed by atoms with Crippen LogP contribution in [-0.2, 0) is 5.11 Å². The highest BCUT2D eigenvalue weighted by Crippen LogP contribution is 2.23. The number of hydrogen-bond acceptors (Lipinski definition) is 1. The molecule has 0 aromatic carbocycles. The zero-order chi connectivity index (χ0) is 6.85. The van der Waals surface area contributed by atoms with Crippen molar-refractivity contribution in [2.75, 3.05) is 0 Å². The van der Waals surface area contributed by atoms with Gasteiger partial charge in [0.25, 0.3) is 5.88 Å². The summed E-state index contributed by atoms with van der Waals surface area (Å²) in [5.74, 6) is -0.443. The minimum Gasteiger partial charge on any atom is -0.266 e. The highest BCUT2D eigenvalue weighted by atomic mass is 35.5. The van der Waals surface area contributed by atoms with Crippen molar-refractivity contribution in [1.82, 2.24) is 4.98 Å². The van der Waals surface area contributed by atoms with E-state index in [4.69, 9.17) is 23.2 Å². The van der Waals surface area contributed by atoms with Crippen molar-refractivity contribution in [2.24, 2.45) is 0 Å². The Morgan fingerprint density at radius 3 is 2.56 bits per heavy atom. The van der Waals surface area contributed by atoms with Crippen molar-refractivity contribution in [1.29, 1.82) is 0 Å². The normalized spacial score (nSPS) is 9.56. The van der Waals surface area contributed by atoms with E-state index in [2.05, 4.69) is 4.98 Å². The Balaban J connectivity index is 3.17. The molecule has 2 nitrogen and oxygen atoms in total. The molecular formula is C5H2Cl2NO. The van der Waals surface area contributed by atoms with E-state index in [1.165, 1.54) is 12.3 Å². The SMILES string of the molecule is [O]c1ncc(Cl)cc1Cl. The summed E-state index contributed by atoms with van der Waals surface area (Å²) in [4.78, 5) is 3.36. The average molecular weight is 163 g/mol. The Morgan fingerprint density at radius 2 is 2.11 bits per heavy atom. The second kappa shape index (κ2) is 2.42. The van der Waals surface area contributed by atoms with Gasteiger partial charge in [-0.15, -0.1) is 0 Å². The molecule has 0 bridgehead atoms. The van der Waals surface area contributed by atoms with Gasteiger partial charge in [0.05, 0.1) is 5.02 Å². The second-order valence-electron chi connectivity index (χ2n) is 1.44. The van der Waals surface area contributed by atoms with Gasteiger partial charge in [-0.05, 0) is 6.07 Å². The highest BCUT2D eigenvalue weighted by Gasteiger charge is 1.99. The summed E-state index contributed by atoms with van der Waals surface area (Å²) >= 11 is 10.8. The van der Waals surface area contributed by atoms with E-state index >= 15 is 0 Å². The summed E-state index contributed by atoms with van der Waals surface area (Å²) in [6.07, 6.45) is 1.26. The molecule has 0 atom stereocenters. The maximum atomic E-state index is 10.5. The highest BCUT2D eigenvalue weighted by molar-refractivity contribution is 6.35. The summed E-state index contributed by atoms with van der Waals surface area (Å²) in [5, 5.41) is 10.9. The van der Waals surface area contributed by atoms with E-state index in [1.807, 2.05) is 0 Å². The van der Waals surface area contributed by atoms with Crippen LogP contribution in [0.4, 0.5) is 0 Å². The van der Waals surface area contributed by atoms with E-state index in [-0.39, 0.29) is 5.02 Å². The monoisotopic (exact) mass is 162 g/mol. The third-order valence-corrected chi connectivity index (χ3v) is 1.25. The van der Waals surface area contributed by atoms with Gasteiger partial charge < -0.3 is 0 Å². The van der Waals surface area contributed by atoms with Crippen LogP contribution >= 0.6 is 23.2 Å². The predicted molar refractivity (Wildman–Crippen MR) is 34.4 cm³/mol. The van der Waals surface area contributed by atoms with Crippen molar-refractivity contribution >= 4 is 23.2 Å². The molecule has 1 heterocycles. The van der Waals surface area contributed by atoms with Crippen LogP contribution in [0.2, 0.25) is 10.0 Å². The van der Waals surface area contributed by atoms with Crippen molar-refractivity contribution in [3.63, 3.8) is 0 Å². The Morgan fingerprint density at radius 1 is 1.44 bits per heavy atom. The van der Waals surface area contributed by atoms with Crippen LogP contribution in [0.25, 0.3) is 0 Å². The minimum absolute atomic E-state index is 0.0579. The number of rotatable bonds is 0. The fourth-order valence-electron chi connectivity index (χ4n) is 0.402. The lowest BCUT2D eigenvalue weighted by atomic mass is 10.5. The molecule has 1 aromatic heterocycles. The van der Waals surface area contributed by atoms with Crippen LogP contribution in [-0.4, -0.2) is 4.98 Å². The first kappa shape index (κ1) is 6.65. The molecule has 0 saturated carbocycles. The van der Waals surface area contributed by atoms with E-state index in [9.17, 15) is 5.11 Å². The first-order valence-electron chi connectivity index (χ1n) is 2.18. The lowest BCUT2D eigenvalue weighted by Crippen LogP contribution is -1.72. The number of nitrogens with zero attached hydrogens (tertiary/aromatic N) is 1. The quantitative estimate of drug-likeness (QED) is 0.578. The zero-order valence-corrected chi connectivity index (χ0v) is 5.78. The summed E-state index contributed by atoms with van der Waals surface area (Å²) in [7, 11) is 0. The number of pyridine rings is 1. The van der Waals surface area contributed by atoms with Crippen LogP contribution in [0.3, 0.4) is 0 Å². The average Bonchev–Trinajstić information content (AvgIpc) is 1.80. The number of halogens is 2. The molecule has 0 spiro atoms. The smallest absolute Gasteiger partial charge is 0.266 e. The molecule has 1 radical (unpaired) electrons. The molecule has 0 saturated heterocycles. The van der Waals surface area contributed by atoms with Crippen LogP contribution in [0.5, 0.6) is 5.88 Å². The molecule has 1 aromatic rings. The van der Waals surface area contributed by atoms with Gasteiger partial charge >= 0.3 is 0 Å². The van der Waals surface area contributed by atoms with E-state index < -0.39 is 5.88 Å². The van der Waals surface area contributed by atoms with E-state index in [0.717, 1.165) is 0 Å². The zero-order valence-electron chi connectivity index (χ0n) is 4.27. The van der Waals surface area contributed by atoms with Gasteiger partial charge in [-0.25, -0.2) is 4.98 Å². The third kappa shape index (κ3) is 1.47. The largest absolute Gasteiger partial charge is 0.288 e. The molecule has 9 heavy (non-hydrogen) atoms. The molecule has 4 heteroatoms. The second-order valence-corrected chi connectivity index (χ2v) is 2.28. The molecule has 0 aliphatic rings. The first-order chi connectivity index (χ1) is 4.20. The molecule has 1 rings (SSSR count). The van der Waals surface area contributed by atoms with Crippen LogP contribution in [0.15, 0.2) is 12.3 Å². The molecule has 0 unspecified atom stereocenters. The van der Waals surface area contributed by atoms with Gasteiger partial charge in [-0.2, -0.15) is 0 Å². The summed E-state index contributed by atoms with van der Waals surface area (Å²) in [6, 6.07) is 1.36. The van der Waals surface area contributed by atoms with Gasteiger partial charge in [-0.1, -0.05) is 23.2 Å². The minimum atomic E-state index is -0.443. The summed E-state index contributed by atoms with van der Waals surface area (Å²) in [6.45, 7) is 0. The molecule has 47 valence electrons. The predicted octanol–water partition coefficient (Wildman–Crippen LogP) is 2.53. The fourth-order valence-corrected chi connectivity index (χ4v) is 0.782. The van der Waals surface area contributed by atoms with Crippen molar-refractivity contribution in [3.8, 4) is 5.88 Å². The summed E-state index contributed by atoms with van der Waals surface area (Å²) in [5.41, 5.74) is 0. The molecule has 0 aliphatic carbocycles. The maximum Gasteiger partial charge on any atom is 0.288 e. The van der Waals surface area contributed by atoms with Gasteiger partial charge in [0.15, 0.2) is 0 Å². The van der Waals surface area contributed by atoms with Gasteiger partial charge in [0.2, 0.25) is 0 Å². The lowest BCUT2D eigenvalue weighted by Gasteiger charge is -1.89. The Kier molecular flexibility index (Phi) is 1.78. The Hall–Kier alpha value is -0.470. The maximum absolute atomic E-state index is 10.5. The molecule has 0 aliphatic heterocycles. The number of hydrogen-bond donors (Lipinski definition) is 0. The van der Waals surface area contributed by atoms with Crippen molar-refractivity contribution in [3.05, 3.63) is 22.3 Å². The van der Waals surface area contributed by atoms with Crippen LogP contribution < -0.4 is 0 Å². The fraction of sp³-hybridized carbons (Fsp3) is 0. The Bertz CT molecular complexity index is 226. The van der Waals surface area contributed by atoms with Gasteiger partial charge in [-0.3, -0.25) is 5.11 Å². The topological polar surface area (TPSA) is 32.8 Å². The standard InChI is InChI=1S/C5H2Cl2NO/c6-3-1-4(7)5(9)8-2-3/h1-2H. The van der Waals surface area contributed by atoms with E-state index in [0.29, 0.717) is 5.02 Å². The summed E-state index contributed by atoms with van der Waals surface area (Å²) < 4.78 is 0. The molecule has 0 fully saturated rings. The van der Waals surface area contributed by atoms with Gasteiger partial charge in [0, 0.05) is 6.20 Å². The molecule has 0 amide bonds. The molecular weight excluding hydrogens is 161 g/mol.